The molecule has 0 radical (unpaired) electrons. The summed E-state index contributed by atoms with van der Waals surface area (Å²) in [5.74, 6) is 1.07. The lowest BCUT2D eigenvalue weighted by Crippen LogP contribution is -2.22. The van der Waals surface area contributed by atoms with Crippen LogP contribution in [0.3, 0.4) is 0 Å². The fourth-order valence-electron chi connectivity index (χ4n) is 2.20. The van der Waals surface area contributed by atoms with Gasteiger partial charge in [0.1, 0.15) is 0 Å². The van der Waals surface area contributed by atoms with E-state index in [1.807, 2.05) is 30.3 Å². The molecule has 0 aliphatic carbocycles. The van der Waals surface area contributed by atoms with Crippen LogP contribution in [0.2, 0.25) is 0 Å². The number of carbonyl (C=O) groups is 1. The van der Waals surface area contributed by atoms with Crippen LogP contribution in [0.4, 0.5) is 5.69 Å². The third kappa shape index (κ3) is 2.83. The highest BCUT2D eigenvalue weighted by molar-refractivity contribution is 5.95. The van der Waals surface area contributed by atoms with Gasteiger partial charge in [0, 0.05) is 18.9 Å². The molecular formula is C16H15NO4. The van der Waals surface area contributed by atoms with Crippen LogP contribution in [0.5, 0.6) is 11.5 Å². The number of nitrogens with one attached hydrogen (secondary N) is 1. The maximum atomic E-state index is 12.3. The van der Waals surface area contributed by atoms with E-state index in [2.05, 4.69) is 5.32 Å². The Kier molecular flexibility index (Phi) is 3.75. The highest BCUT2D eigenvalue weighted by Gasteiger charge is 2.21. The van der Waals surface area contributed by atoms with Crippen LogP contribution >= 0.6 is 0 Å². The highest BCUT2D eigenvalue weighted by atomic mass is 16.7. The Labute approximate surface area is 122 Å². The smallest absolute Gasteiger partial charge is 0.258 e. The van der Waals surface area contributed by atoms with Crippen LogP contribution in [0.1, 0.15) is 11.7 Å². The number of amides is 1. The van der Waals surface area contributed by atoms with Crippen LogP contribution in [0.25, 0.3) is 0 Å². The summed E-state index contributed by atoms with van der Waals surface area (Å²) in [6, 6.07) is 14.6. The van der Waals surface area contributed by atoms with E-state index in [-0.39, 0.29) is 12.7 Å². The van der Waals surface area contributed by atoms with Crippen molar-refractivity contribution in [1.29, 1.82) is 0 Å². The molecule has 1 amide bonds. The van der Waals surface area contributed by atoms with E-state index in [1.165, 1.54) is 7.11 Å². The summed E-state index contributed by atoms with van der Waals surface area (Å²) < 4.78 is 15.8. The van der Waals surface area contributed by atoms with Gasteiger partial charge in [-0.2, -0.15) is 0 Å². The van der Waals surface area contributed by atoms with Crippen molar-refractivity contribution in [3.8, 4) is 11.5 Å². The van der Waals surface area contributed by atoms with Gasteiger partial charge < -0.3 is 19.5 Å². The molecule has 21 heavy (non-hydrogen) atoms. The summed E-state index contributed by atoms with van der Waals surface area (Å²) >= 11 is 0. The minimum atomic E-state index is -0.656. The van der Waals surface area contributed by atoms with Crippen molar-refractivity contribution in [2.75, 3.05) is 19.2 Å². The quantitative estimate of drug-likeness (QED) is 0.938. The monoisotopic (exact) mass is 285 g/mol. The summed E-state index contributed by atoms with van der Waals surface area (Å²) in [5.41, 5.74) is 1.44. The molecule has 2 aromatic carbocycles. The van der Waals surface area contributed by atoms with Crippen molar-refractivity contribution >= 4 is 11.6 Å². The lowest BCUT2D eigenvalue weighted by atomic mass is 10.1. The molecule has 2 aromatic rings. The molecule has 5 heteroatoms. The fraction of sp³-hybridized carbons (Fsp3) is 0.188. The summed E-state index contributed by atoms with van der Waals surface area (Å²) in [6.45, 7) is 0.206. The minimum Gasteiger partial charge on any atom is -0.454 e. The molecule has 1 atom stereocenters. The maximum Gasteiger partial charge on any atom is 0.258 e. The zero-order chi connectivity index (χ0) is 14.7. The Bertz CT molecular complexity index is 642. The number of benzene rings is 2. The SMILES string of the molecule is CO[C@@H](C(=O)Nc1ccc2c(c1)OCO2)c1ccccc1. The van der Waals surface area contributed by atoms with E-state index in [0.29, 0.717) is 17.2 Å². The Morgan fingerprint density at radius 3 is 2.67 bits per heavy atom. The first kappa shape index (κ1) is 13.5. The number of hydrogen-bond donors (Lipinski definition) is 1. The average molecular weight is 285 g/mol. The van der Waals surface area contributed by atoms with Gasteiger partial charge in [0.25, 0.3) is 5.91 Å². The Morgan fingerprint density at radius 2 is 1.90 bits per heavy atom. The Morgan fingerprint density at radius 1 is 1.14 bits per heavy atom. The van der Waals surface area contributed by atoms with E-state index in [1.54, 1.807) is 18.2 Å². The molecule has 1 aliphatic heterocycles. The van der Waals surface area contributed by atoms with Crippen molar-refractivity contribution in [3.63, 3.8) is 0 Å². The predicted octanol–water partition coefficient (Wildman–Crippen LogP) is 2.74. The Hall–Kier alpha value is -2.53. The van der Waals surface area contributed by atoms with Gasteiger partial charge in [-0.15, -0.1) is 0 Å². The molecular weight excluding hydrogens is 270 g/mol. The summed E-state index contributed by atoms with van der Waals surface area (Å²) in [7, 11) is 1.51. The zero-order valence-electron chi connectivity index (χ0n) is 11.5. The first-order valence-electron chi connectivity index (χ1n) is 6.56. The zero-order valence-corrected chi connectivity index (χ0v) is 11.5. The third-order valence-corrected chi connectivity index (χ3v) is 3.22. The number of hydrogen-bond acceptors (Lipinski definition) is 4. The topological polar surface area (TPSA) is 56.8 Å². The molecule has 0 bridgehead atoms. The highest BCUT2D eigenvalue weighted by Crippen LogP contribution is 2.34. The van der Waals surface area contributed by atoms with E-state index in [9.17, 15) is 4.79 Å². The average Bonchev–Trinajstić information content (AvgIpc) is 2.96. The number of fused-ring (bicyclic) bond motifs is 1. The molecule has 0 fully saturated rings. The van der Waals surface area contributed by atoms with Crippen molar-refractivity contribution in [2.24, 2.45) is 0 Å². The van der Waals surface area contributed by atoms with Gasteiger partial charge in [0.15, 0.2) is 17.6 Å². The normalized spacial score (nSPS) is 13.8. The fourth-order valence-corrected chi connectivity index (χ4v) is 2.20. The van der Waals surface area contributed by atoms with Gasteiger partial charge in [-0.05, 0) is 17.7 Å². The first-order chi connectivity index (χ1) is 10.3. The Balaban J connectivity index is 1.76. The second-order valence-electron chi connectivity index (χ2n) is 4.58. The maximum absolute atomic E-state index is 12.3. The molecule has 1 heterocycles. The van der Waals surface area contributed by atoms with Crippen LogP contribution < -0.4 is 14.8 Å². The van der Waals surface area contributed by atoms with Gasteiger partial charge in [0.05, 0.1) is 0 Å². The van der Waals surface area contributed by atoms with Gasteiger partial charge >= 0.3 is 0 Å². The van der Waals surface area contributed by atoms with Gasteiger partial charge in [-0.25, -0.2) is 0 Å². The molecule has 108 valence electrons. The molecule has 0 aromatic heterocycles. The molecule has 0 saturated carbocycles. The van der Waals surface area contributed by atoms with Crippen molar-refractivity contribution < 1.29 is 19.0 Å². The number of rotatable bonds is 4. The lowest BCUT2D eigenvalue weighted by molar-refractivity contribution is -0.126. The van der Waals surface area contributed by atoms with Crippen LogP contribution in [-0.4, -0.2) is 19.8 Å². The van der Waals surface area contributed by atoms with Crippen molar-refractivity contribution in [2.45, 2.75) is 6.10 Å². The number of ether oxygens (including phenoxy) is 3. The van der Waals surface area contributed by atoms with E-state index >= 15 is 0 Å². The largest absolute Gasteiger partial charge is 0.454 e. The number of carbonyl (C=O) groups excluding carboxylic acids is 1. The minimum absolute atomic E-state index is 0.206. The van der Waals surface area contributed by atoms with Crippen LogP contribution in [0, 0.1) is 0 Å². The summed E-state index contributed by atoms with van der Waals surface area (Å²) in [4.78, 5) is 12.3. The standard InChI is InChI=1S/C16H15NO4/c1-19-15(11-5-3-2-4-6-11)16(18)17-12-7-8-13-14(9-12)21-10-20-13/h2-9,15H,10H2,1H3,(H,17,18)/t15-/m1/s1. The predicted molar refractivity (Wildman–Crippen MR) is 77.4 cm³/mol. The molecule has 0 saturated heterocycles. The summed E-state index contributed by atoms with van der Waals surface area (Å²) in [6.07, 6.45) is -0.656. The third-order valence-electron chi connectivity index (χ3n) is 3.22. The van der Waals surface area contributed by atoms with E-state index in [0.717, 1.165) is 5.56 Å². The lowest BCUT2D eigenvalue weighted by Gasteiger charge is -2.15. The molecule has 0 unspecified atom stereocenters. The van der Waals surface area contributed by atoms with E-state index < -0.39 is 6.10 Å². The second kappa shape index (κ2) is 5.85. The van der Waals surface area contributed by atoms with Crippen molar-refractivity contribution in [3.05, 3.63) is 54.1 Å². The van der Waals surface area contributed by atoms with Crippen LogP contribution in [-0.2, 0) is 9.53 Å². The van der Waals surface area contributed by atoms with E-state index in [4.69, 9.17) is 14.2 Å². The molecule has 3 rings (SSSR count). The summed E-state index contributed by atoms with van der Waals surface area (Å²) in [5, 5.41) is 2.82. The molecule has 0 spiro atoms. The molecule has 1 aliphatic rings. The number of methoxy groups -OCH3 is 1. The molecule has 5 nitrogen and oxygen atoms in total. The molecule has 1 N–H and O–H groups in total. The van der Waals surface area contributed by atoms with Gasteiger partial charge in [-0.3, -0.25) is 4.79 Å². The number of anilines is 1. The van der Waals surface area contributed by atoms with Gasteiger partial charge in [0.2, 0.25) is 6.79 Å². The second-order valence-corrected chi connectivity index (χ2v) is 4.58. The van der Waals surface area contributed by atoms with Crippen molar-refractivity contribution in [1.82, 2.24) is 0 Å². The van der Waals surface area contributed by atoms with Gasteiger partial charge in [-0.1, -0.05) is 30.3 Å². The van der Waals surface area contributed by atoms with Crippen LogP contribution in [0.15, 0.2) is 48.5 Å². The first-order valence-corrected chi connectivity index (χ1v) is 6.56.